The summed E-state index contributed by atoms with van der Waals surface area (Å²) >= 11 is 1.42. The Bertz CT molecular complexity index is 1350. The van der Waals surface area contributed by atoms with Crippen LogP contribution in [0.4, 0.5) is 11.4 Å². The highest BCUT2D eigenvalue weighted by Crippen LogP contribution is 2.24. The maximum absolute atomic E-state index is 13.2. The molecular formula is C29H24N2O3S. The standard InChI is InChI=1S/C29H24N2O3S/c1-20-16-17-26(24(18-20)28(33)21-10-4-2-5-11-21)31-29(34)23-14-8-9-15-25(23)30-27(32)19-35-22-12-6-3-7-13-22/h2-18H,19H2,1H3,(H,30,32)(H,31,34). The highest BCUT2D eigenvalue weighted by Gasteiger charge is 2.18. The average Bonchev–Trinajstić information content (AvgIpc) is 2.89. The van der Waals surface area contributed by atoms with Crippen molar-refractivity contribution in [3.8, 4) is 0 Å². The number of nitrogens with one attached hydrogen (secondary N) is 2. The van der Waals surface area contributed by atoms with Crippen LogP contribution in [0.25, 0.3) is 0 Å². The summed E-state index contributed by atoms with van der Waals surface area (Å²) in [5.74, 6) is -0.589. The van der Waals surface area contributed by atoms with Crippen LogP contribution in [-0.4, -0.2) is 23.4 Å². The molecular weight excluding hydrogens is 456 g/mol. The van der Waals surface area contributed by atoms with Gasteiger partial charge in [0.2, 0.25) is 5.91 Å². The first-order valence-corrected chi connectivity index (χ1v) is 12.1. The summed E-state index contributed by atoms with van der Waals surface area (Å²) in [5.41, 5.74) is 2.99. The maximum atomic E-state index is 13.2. The van der Waals surface area contributed by atoms with Gasteiger partial charge in [-0.25, -0.2) is 0 Å². The Morgan fingerprint density at radius 1 is 0.686 bits per heavy atom. The van der Waals surface area contributed by atoms with Crippen LogP contribution in [0.2, 0.25) is 0 Å². The second-order valence-corrected chi connectivity index (χ2v) is 8.94. The Hall–Kier alpha value is -4.16. The van der Waals surface area contributed by atoms with Crippen LogP contribution in [0.15, 0.2) is 108 Å². The maximum Gasteiger partial charge on any atom is 0.257 e. The molecule has 0 aliphatic rings. The van der Waals surface area contributed by atoms with E-state index in [4.69, 9.17) is 0 Å². The van der Waals surface area contributed by atoms with Gasteiger partial charge in [-0.1, -0.05) is 72.3 Å². The van der Waals surface area contributed by atoms with Crippen molar-refractivity contribution >= 4 is 40.7 Å². The van der Waals surface area contributed by atoms with E-state index >= 15 is 0 Å². The van der Waals surface area contributed by atoms with Gasteiger partial charge in [0.25, 0.3) is 5.91 Å². The molecule has 0 spiro atoms. The van der Waals surface area contributed by atoms with Crippen molar-refractivity contribution in [3.05, 3.63) is 125 Å². The molecule has 4 rings (SSSR count). The number of aryl methyl sites for hydroxylation is 1. The molecule has 0 bridgehead atoms. The zero-order chi connectivity index (χ0) is 24.6. The van der Waals surface area contributed by atoms with Crippen LogP contribution in [0.1, 0.15) is 31.8 Å². The minimum absolute atomic E-state index is 0.177. The average molecular weight is 481 g/mol. The Balaban J connectivity index is 1.51. The number of amides is 2. The summed E-state index contributed by atoms with van der Waals surface area (Å²) in [6.07, 6.45) is 0. The van der Waals surface area contributed by atoms with Gasteiger partial charge in [-0.05, 0) is 43.3 Å². The molecule has 2 N–H and O–H groups in total. The van der Waals surface area contributed by atoms with E-state index in [0.29, 0.717) is 28.1 Å². The lowest BCUT2D eigenvalue weighted by Crippen LogP contribution is -2.20. The Morgan fingerprint density at radius 3 is 2.06 bits per heavy atom. The summed E-state index contributed by atoms with van der Waals surface area (Å²) in [7, 11) is 0. The fourth-order valence-corrected chi connectivity index (χ4v) is 4.25. The van der Waals surface area contributed by atoms with Gasteiger partial charge in [-0.2, -0.15) is 0 Å². The minimum atomic E-state index is -0.414. The predicted octanol–water partition coefficient (Wildman–Crippen LogP) is 6.21. The number of hydrogen-bond donors (Lipinski definition) is 2. The van der Waals surface area contributed by atoms with E-state index in [-0.39, 0.29) is 17.4 Å². The number of carbonyl (C=O) groups is 3. The van der Waals surface area contributed by atoms with Crippen molar-refractivity contribution in [3.63, 3.8) is 0 Å². The predicted molar refractivity (Wildman–Crippen MR) is 141 cm³/mol. The fourth-order valence-electron chi connectivity index (χ4n) is 3.53. The summed E-state index contributed by atoms with van der Waals surface area (Å²) in [6, 6.07) is 30.7. The van der Waals surface area contributed by atoms with E-state index in [0.717, 1.165) is 10.5 Å². The summed E-state index contributed by atoms with van der Waals surface area (Å²) in [6.45, 7) is 1.89. The molecule has 0 saturated carbocycles. The lowest BCUT2D eigenvalue weighted by molar-refractivity contribution is -0.113. The molecule has 0 saturated heterocycles. The molecule has 6 heteroatoms. The summed E-state index contributed by atoms with van der Waals surface area (Å²) in [5, 5.41) is 5.69. The molecule has 4 aromatic carbocycles. The second kappa shape index (κ2) is 11.3. The Morgan fingerprint density at radius 2 is 1.31 bits per heavy atom. The molecule has 4 aromatic rings. The van der Waals surface area contributed by atoms with E-state index in [1.54, 1.807) is 60.7 Å². The number of hydrogen-bond acceptors (Lipinski definition) is 4. The normalized spacial score (nSPS) is 10.4. The molecule has 5 nitrogen and oxygen atoms in total. The highest BCUT2D eigenvalue weighted by molar-refractivity contribution is 8.00. The molecule has 0 unspecified atom stereocenters. The fraction of sp³-hybridized carbons (Fsp3) is 0.0690. The van der Waals surface area contributed by atoms with Crippen LogP contribution in [0, 0.1) is 6.92 Å². The van der Waals surface area contributed by atoms with Crippen LogP contribution < -0.4 is 10.6 Å². The van der Waals surface area contributed by atoms with Crippen LogP contribution in [0.3, 0.4) is 0 Å². The van der Waals surface area contributed by atoms with Crippen LogP contribution in [-0.2, 0) is 4.79 Å². The SMILES string of the molecule is Cc1ccc(NC(=O)c2ccccc2NC(=O)CSc2ccccc2)c(C(=O)c2ccccc2)c1. The van der Waals surface area contributed by atoms with Gasteiger partial charge in [-0.15, -0.1) is 11.8 Å². The Kier molecular flexibility index (Phi) is 7.75. The third-order valence-corrected chi connectivity index (χ3v) is 6.27. The number of benzene rings is 4. The van der Waals surface area contributed by atoms with Gasteiger partial charge in [0, 0.05) is 16.0 Å². The number of anilines is 2. The number of thioether (sulfide) groups is 1. The first-order chi connectivity index (χ1) is 17.0. The largest absolute Gasteiger partial charge is 0.325 e. The highest BCUT2D eigenvalue weighted by atomic mass is 32.2. The third-order valence-electron chi connectivity index (χ3n) is 5.26. The number of carbonyl (C=O) groups excluding carboxylic acids is 3. The second-order valence-electron chi connectivity index (χ2n) is 7.89. The van der Waals surface area contributed by atoms with Crippen LogP contribution >= 0.6 is 11.8 Å². The van der Waals surface area contributed by atoms with Gasteiger partial charge in [-0.3, -0.25) is 14.4 Å². The first kappa shape index (κ1) is 24.0. The van der Waals surface area contributed by atoms with Crippen molar-refractivity contribution < 1.29 is 14.4 Å². The van der Waals surface area contributed by atoms with Crippen LogP contribution in [0.5, 0.6) is 0 Å². The van der Waals surface area contributed by atoms with Gasteiger partial charge in [0.15, 0.2) is 5.78 Å². The number of ketones is 1. The molecule has 35 heavy (non-hydrogen) atoms. The van der Waals surface area contributed by atoms with Gasteiger partial charge in [0.1, 0.15) is 0 Å². The molecule has 0 heterocycles. The molecule has 2 amide bonds. The van der Waals surface area contributed by atoms with E-state index < -0.39 is 5.91 Å². The Labute approximate surface area is 208 Å². The molecule has 0 aliphatic carbocycles. The molecule has 0 radical (unpaired) electrons. The molecule has 0 atom stereocenters. The van der Waals surface area contributed by atoms with Crippen molar-refractivity contribution in [1.29, 1.82) is 0 Å². The smallest absolute Gasteiger partial charge is 0.257 e. The quantitative estimate of drug-likeness (QED) is 0.232. The zero-order valence-corrected chi connectivity index (χ0v) is 20.0. The number of rotatable bonds is 8. The summed E-state index contributed by atoms with van der Waals surface area (Å²) < 4.78 is 0. The molecule has 174 valence electrons. The van der Waals surface area contributed by atoms with E-state index in [9.17, 15) is 14.4 Å². The molecule has 0 fully saturated rings. The zero-order valence-electron chi connectivity index (χ0n) is 19.2. The van der Waals surface area contributed by atoms with Crippen molar-refractivity contribution in [2.75, 3.05) is 16.4 Å². The number of para-hydroxylation sites is 1. The third kappa shape index (κ3) is 6.25. The minimum Gasteiger partial charge on any atom is -0.325 e. The monoisotopic (exact) mass is 480 g/mol. The van der Waals surface area contributed by atoms with Crippen molar-refractivity contribution in [2.45, 2.75) is 11.8 Å². The van der Waals surface area contributed by atoms with Crippen molar-refractivity contribution in [1.82, 2.24) is 0 Å². The van der Waals surface area contributed by atoms with Gasteiger partial charge in [0.05, 0.1) is 22.7 Å². The first-order valence-electron chi connectivity index (χ1n) is 11.1. The topological polar surface area (TPSA) is 75.3 Å². The van der Waals surface area contributed by atoms with Crippen molar-refractivity contribution in [2.24, 2.45) is 0 Å². The lowest BCUT2D eigenvalue weighted by atomic mass is 9.99. The molecule has 0 aromatic heterocycles. The van der Waals surface area contributed by atoms with Gasteiger partial charge < -0.3 is 10.6 Å². The van der Waals surface area contributed by atoms with Gasteiger partial charge >= 0.3 is 0 Å². The summed E-state index contributed by atoms with van der Waals surface area (Å²) in [4.78, 5) is 39.9. The van der Waals surface area contributed by atoms with E-state index in [1.807, 2.05) is 49.4 Å². The van der Waals surface area contributed by atoms with E-state index in [1.165, 1.54) is 11.8 Å². The van der Waals surface area contributed by atoms with E-state index in [2.05, 4.69) is 10.6 Å². The molecule has 0 aliphatic heterocycles. The lowest BCUT2D eigenvalue weighted by Gasteiger charge is -2.14.